The second-order valence-corrected chi connectivity index (χ2v) is 11.9. The lowest BCUT2D eigenvalue weighted by molar-refractivity contribution is -0.137. The number of nitrogens with zero attached hydrogens (tertiary/aromatic N) is 5. The topological polar surface area (TPSA) is 77.1 Å². The van der Waals surface area contributed by atoms with Gasteiger partial charge in [0.05, 0.1) is 34.8 Å². The molecule has 0 N–H and O–H groups in total. The first-order valence-electron chi connectivity index (χ1n) is 14.0. The first-order valence-corrected chi connectivity index (χ1v) is 14.8. The summed E-state index contributed by atoms with van der Waals surface area (Å²) in [7, 11) is 0. The van der Waals surface area contributed by atoms with Crippen molar-refractivity contribution in [3.8, 4) is 0 Å². The van der Waals surface area contributed by atoms with E-state index in [1.807, 2.05) is 28.2 Å². The monoisotopic (exact) mass is 597 g/mol. The van der Waals surface area contributed by atoms with E-state index in [1.165, 1.54) is 22.3 Å². The molecule has 1 atom stereocenters. The summed E-state index contributed by atoms with van der Waals surface area (Å²) in [6, 6.07) is 10.6. The second-order valence-electron chi connectivity index (χ2n) is 10.9. The Morgan fingerprint density at radius 2 is 1.76 bits per heavy atom. The van der Waals surface area contributed by atoms with Crippen molar-refractivity contribution in [2.24, 2.45) is 5.92 Å². The largest absolute Gasteiger partial charge is 0.416 e. The summed E-state index contributed by atoms with van der Waals surface area (Å²) >= 11 is 1.41. The molecule has 2 saturated heterocycles. The van der Waals surface area contributed by atoms with E-state index in [4.69, 9.17) is 0 Å². The van der Waals surface area contributed by atoms with Crippen LogP contribution in [0.3, 0.4) is 0 Å². The standard InChI is InChI=1S/C30H30F3N5O3S/c1-19-18-42-25(34-19)17-38-28(40)23-8-3-9-24(26(23)29(38)41)37-10-4-5-20(16-37)27(39)36-13-11-35(12-14-36)22-7-2-6-21(15-22)30(31,32)33/h2-3,6-9,15,18,20H,4-5,10-14,16-17H2,1H3. The van der Waals surface area contributed by atoms with Gasteiger partial charge in [0.25, 0.3) is 11.8 Å². The first kappa shape index (κ1) is 28.2. The number of piperidine rings is 1. The average Bonchev–Trinajstić information content (AvgIpc) is 3.52. The highest BCUT2D eigenvalue weighted by Gasteiger charge is 2.40. The molecule has 0 aliphatic carbocycles. The van der Waals surface area contributed by atoms with Gasteiger partial charge in [0.15, 0.2) is 0 Å². The molecule has 3 aliphatic rings. The number of piperazine rings is 1. The van der Waals surface area contributed by atoms with Crippen LogP contribution in [0.15, 0.2) is 47.8 Å². The predicted molar refractivity (Wildman–Crippen MR) is 153 cm³/mol. The number of anilines is 2. The molecule has 1 aromatic heterocycles. The molecule has 3 aliphatic heterocycles. The van der Waals surface area contributed by atoms with Crippen molar-refractivity contribution in [3.63, 3.8) is 0 Å². The minimum absolute atomic E-state index is 0.0131. The van der Waals surface area contributed by atoms with Gasteiger partial charge < -0.3 is 14.7 Å². The van der Waals surface area contributed by atoms with Crippen molar-refractivity contribution < 1.29 is 27.6 Å². The smallest absolute Gasteiger partial charge is 0.370 e. The number of hydrogen-bond donors (Lipinski definition) is 0. The molecule has 8 nitrogen and oxygen atoms in total. The number of aromatic nitrogens is 1. The van der Waals surface area contributed by atoms with Crippen molar-refractivity contribution in [1.82, 2.24) is 14.8 Å². The van der Waals surface area contributed by atoms with Gasteiger partial charge in [0.2, 0.25) is 5.91 Å². The van der Waals surface area contributed by atoms with Gasteiger partial charge in [-0.25, -0.2) is 4.98 Å². The Labute approximate surface area is 245 Å². The van der Waals surface area contributed by atoms with Crippen LogP contribution in [-0.2, 0) is 17.5 Å². The number of carbonyl (C=O) groups is 3. The quantitative estimate of drug-likeness (QED) is 0.392. The summed E-state index contributed by atoms with van der Waals surface area (Å²) in [5.41, 5.74) is 2.05. The summed E-state index contributed by atoms with van der Waals surface area (Å²) < 4.78 is 39.5. The molecule has 2 aromatic carbocycles. The van der Waals surface area contributed by atoms with Crippen LogP contribution in [0.4, 0.5) is 24.5 Å². The number of aryl methyl sites for hydroxylation is 1. The number of alkyl halides is 3. The van der Waals surface area contributed by atoms with Crippen LogP contribution < -0.4 is 9.80 Å². The van der Waals surface area contributed by atoms with Crippen molar-refractivity contribution in [1.29, 1.82) is 0 Å². The van der Waals surface area contributed by atoms with Crippen molar-refractivity contribution in [2.45, 2.75) is 32.5 Å². The average molecular weight is 598 g/mol. The zero-order valence-corrected chi connectivity index (χ0v) is 23.9. The number of thiazole rings is 1. The lowest BCUT2D eigenvalue weighted by Crippen LogP contribution is -2.52. The minimum atomic E-state index is -4.41. The predicted octanol–water partition coefficient (Wildman–Crippen LogP) is 4.83. The Bertz CT molecular complexity index is 1530. The number of imide groups is 1. The molecule has 0 saturated carbocycles. The molecular formula is C30H30F3N5O3S. The van der Waals surface area contributed by atoms with E-state index in [1.54, 1.807) is 23.1 Å². The number of amides is 3. The van der Waals surface area contributed by atoms with Crippen LogP contribution in [0.25, 0.3) is 0 Å². The summed E-state index contributed by atoms with van der Waals surface area (Å²) in [5, 5.41) is 2.58. The third-order valence-corrected chi connectivity index (χ3v) is 9.13. The molecule has 42 heavy (non-hydrogen) atoms. The Balaban J connectivity index is 1.12. The van der Waals surface area contributed by atoms with E-state index < -0.39 is 11.7 Å². The highest BCUT2D eigenvalue weighted by Crippen LogP contribution is 2.36. The molecule has 3 amide bonds. The molecule has 0 radical (unpaired) electrons. The minimum Gasteiger partial charge on any atom is -0.370 e. The summed E-state index contributed by atoms with van der Waals surface area (Å²) in [6.45, 7) is 4.81. The summed E-state index contributed by atoms with van der Waals surface area (Å²) in [4.78, 5) is 51.6. The van der Waals surface area contributed by atoms with Crippen molar-refractivity contribution >= 4 is 40.4 Å². The van der Waals surface area contributed by atoms with Crippen LogP contribution in [0, 0.1) is 12.8 Å². The van der Waals surface area contributed by atoms with Gasteiger partial charge >= 0.3 is 6.18 Å². The molecule has 1 unspecified atom stereocenters. The normalized spacial score (nSPS) is 19.5. The van der Waals surface area contributed by atoms with Crippen LogP contribution in [0.1, 0.15) is 49.8 Å². The van der Waals surface area contributed by atoms with Gasteiger partial charge in [-0.2, -0.15) is 13.2 Å². The number of carbonyl (C=O) groups excluding carboxylic acids is 3. The van der Waals surface area contributed by atoms with E-state index in [0.29, 0.717) is 73.2 Å². The Morgan fingerprint density at radius 3 is 2.48 bits per heavy atom. The van der Waals surface area contributed by atoms with Gasteiger partial charge in [-0.05, 0) is 50.1 Å². The fraction of sp³-hybridized carbons (Fsp3) is 0.400. The van der Waals surface area contributed by atoms with Crippen LogP contribution in [-0.4, -0.2) is 71.8 Å². The maximum Gasteiger partial charge on any atom is 0.416 e. The molecule has 6 rings (SSSR count). The molecule has 2 fully saturated rings. The second kappa shape index (κ2) is 11.0. The molecule has 0 bridgehead atoms. The zero-order chi connectivity index (χ0) is 29.6. The molecule has 3 aromatic rings. The van der Waals surface area contributed by atoms with E-state index in [2.05, 4.69) is 4.98 Å². The number of halogens is 3. The molecular weight excluding hydrogens is 567 g/mol. The summed E-state index contributed by atoms with van der Waals surface area (Å²) in [5.74, 6) is -0.957. The maximum atomic E-state index is 13.6. The Kier molecular flexibility index (Phi) is 7.42. The fourth-order valence-electron chi connectivity index (χ4n) is 6.05. The van der Waals surface area contributed by atoms with Crippen LogP contribution in [0.2, 0.25) is 0 Å². The number of rotatable bonds is 5. The molecule has 220 valence electrons. The Morgan fingerprint density at radius 1 is 1.00 bits per heavy atom. The maximum absolute atomic E-state index is 13.6. The number of fused-ring (bicyclic) bond motifs is 1. The van der Waals surface area contributed by atoms with E-state index in [-0.39, 0.29) is 30.2 Å². The number of hydrogen-bond acceptors (Lipinski definition) is 7. The third kappa shape index (κ3) is 5.35. The molecule has 0 spiro atoms. The summed E-state index contributed by atoms with van der Waals surface area (Å²) in [6.07, 6.45) is -2.94. The highest BCUT2D eigenvalue weighted by atomic mass is 32.1. The molecule has 12 heteroatoms. The van der Waals surface area contributed by atoms with Crippen LogP contribution in [0.5, 0.6) is 0 Å². The van der Waals surface area contributed by atoms with Gasteiger partial charge in [-0.1, -0.05) is 12.1 Å². The highest BCUT2D eigenvalue weighted by molar-refractivity contribution is 7.09. The number of benzene rings is 2. The lowest BCUT2D eigenvalue weighted by Gasteiger charge is -2.40. The molecule has 4 heterocycles. The van der Waals surface area contributed by atoms with Gasteiger partial charge in [0.1, 0.15) is 5.01 Å². The van der Waals surface area contributed by atoms with Crippen LogP contribution >= 0.6 is 11.3 Å². The van der Waals surface area contributed by atoms with Gasteiger partial charge in [0, 0.05) is 56.0 Å². The first-order chi connectivity index (χ1) is 20.1. The van der Waals surface area contributed by atoms with E-state index >= 15 is 0 Å². The van der Waals surface area contributed by atoms with Crippen molar-refractivity contribution in [3.05, 3.63) is 75.2 Å². The fourth-order valence-corrected chi connectivity index (χ4v) is 6.81. The van der Waals surface area contributed by atoms with Gasteiger partial charge in [-0.15, -0.1) is 11.3 Å². The Hall–Kier alpha value is -3.93. The van der Waals surface area contributed by atoms with Gasteiger partial charge in [-0.3, -0.25) is 19.3 Å². The lowest BCUT2D eigenvalue weighted by atomic mass is 9.94. The zero-order valence-electron chi connectivity index (χ0n) is 23.1. The third-order valence-electron chi connectivity index (χ3n) is 8.18. The van der Waals surface area contributed by atoms with Crippen molar-refractivity contribution in [2.75, 3.05) is 49.1 Å². The van der Waals surface area contributed by atoms with E-state index in [9.17, 15) is 27.6 Å². The SMILES string of the molecule is Cc1csc(CN2C(=O)c3cccc(N4CCCC(C(=O)N5CCN(c6cccc(C(F)(F)F)c6)CC5)C4)c3C2=O)n1. The van der Waals surface area contributed by atoms with E-state index in [0.717, 1.165) is 24.2 Å².